The molecule has 0 aromatic carbocycles. The Labute approximate surface area is 65.1 Å². The maximum atomic E-state index is 10.9. The summed E-state index contributed by atoms with van der Waals surface area (Å²) in [6, 6.07) is -0.263. The predicted octanol–water partition coefficient (Wildman–Crippen LogP) is -1.12. The van der Waals surface area contributed by atoms with Gasteiger partial charge in [-0.2, -0.15) is 0 Å². The topological polar surface area (TPSA) is 78.6 Å². The standard InChI is InChI=1S/C6H13N3O2/c7-8-6(11)9-2-1-5(3-9)4-10/h5,10H,1-4,7H2,(H,8,11). The number of carbonyl (C=O) groups is 1. The van der Waals surface area contributed by atoms with Gasteiger partial charge in [-0.25, -0.2) is 10.6 Å². The fourth-order valence-electron chi connectivity index (χ4n) is 1.26. The zero-order valence-electron chi connectivity index (χ0n) is 6.29. The average molecular weight is 159 g/mol. The number of carbonyl (C=O) groups excluding carboxylic acids is 1. The molecule has 64 valence electrons. The number of aliphatic hydroxyl groups excluding tert-OH is 1. The van der Waals surface area contributed by atoms with Gasteiger partial charge >= 0.3 is 6.03 Å². The third-order valence-corrected chi connectivity index (χ3v) is 1.95. The number of likely N-dealkylation sites (tertiary alicyclic amines) is 1. The number of amides is 2. The van der Waals surface area contributed by atoms with E-state index in [-0.39, 0.29) is 18.6 Å². The molecule has 1 heterocycles. The van der Waals surface area contributed by atoms with Gasteiger partial charge in [-0.05, 0) is 6.42 Å². The van der Waals surface area contributed by atoms with Gasteiger partial charge in [-0.15, -0.1) is 0 Å². The SMILES string of the molecule is NNC(=O)N1CCC(CO)C1. The minimum absolute atomic E-state index is 0.147. The van der Waals surface area contributed by atoms with Crippen LogP contribution in [0.2, 0.25) is 0 Å². The van der Waals surface area contributed by atoms with Crippen LogP contribution < -0.4 is 11.3 Å². The highest BCUT2D eigenvalue weighted by Crippen LogP contribution is 2.14. The van der Waals surface area contributed by atoms with Gasteiger partial charge in [0.05, 0.1) is 0 Å². The van der Waals surface area contributed by atoms with Crippen LogP contribution in [0.5, 0.6) is 0 Å². The van der Waals surface area contributed by atoms with E-state index in [4.69, 9.17) is 10.9 Å². The van der Waals surface area contributed by atoms with E-state index in [1.807, 2.05) is 0 Å². The Morgan fingerprint density at radius 3 is 3.00 bits per heavy atom. The zero-order chi connectivity index (χ0) is 8.27. The second kappa shape index (κ2) is 3.54. The summed E-state index contributed by atoms with van der Waals surface area (Å²) in [4.78, 5) is 12.5. The first-order valence-electron chi connectivity index (χ1n) is 3.64. The van der Waals surface area contributed by atoms with Crippen LogP contribution in [0.4, 0.5) is 4.79 Å². The summed E-state index contributed by atoms with van der Waals surface area (Å²) >= 11 is 0. The Bertz CT molecular complexity index is 151. The highest BCUT2D eigenvalue weighted by molar-refractivity contribution is 5.73. The third kappa shape index (κ3) is 1.81. The lowest BCUT2D eigenvalue weighted by Crippen LogP contribution is -2.42. The van der Waals surface area contributed by atoms with Gasteiger partial charge in [0.2, 0.25) is 0 Å². The molecule has 0 bridgehead atoms. The van der Waals surface area contributed by atoms with Crippen LogP contribution in [0.25, 0.3) is 0 Å². The molecular formula is C6H13N3O2. The maximum Gasteiger partial charge on any atom is 0.331 e. The van der Waals surface area contributed by atoms with Gasteiger partial charge in [-0.3, -0.25) is 5.43 Å². The predicted molar refractivity (Wildman–Crippen MR) is 39.5 cm³/mol. The van der Waals surface area contributed by atoms with Crippen molar-refractivity contribution in [1.29, 1.82) is 0 Å². The number of hydrogen-bond acceptors (Lipinski definition) is 3. The summed E-state index contributed by atoms with van der Waals surface area (Å²) in [5.41, 5.74) is 2.06. The molecular weight excluding hydrogens is 146 g/mol. The molecule has 1 atom stereocenters. The molecule has 1 rings (SSSR count). The van der Waals surface area contributed by atoms with Crippen molar-refractivity contribution in [2.24, 2.45) is 11.8 Å². The molecule has 1 saturated heterocycles. The smallest absolute Gasteiger partial charge is 0.331 e. The van der Waals surface area contributed by atoms with Crippen LogP contribution in [-0.4, -0.2) is 35.7 Å². The Balaban J connectivity index is 2.35. The number of nitrogens with one attached hydrogen (secondary N) is 1. The van der Waals surface area contributed by atoms with Gasteiger partial charge in [0.1, 0.15) is 0 Å². The first-order valence-corrected chi connectivity index (χ1v) is 3.64. The van der Waals surface area contributed by atoms with E-state index in [1.54, 1.807) is 4.90 Å². The number of hydrogen-bond donors (Lipinski definition) is 3. The van der Waals surface area contributed by atoms with E-state index in [0.717, 1.165) is 6.42 Å². The third-order valence-electron chi connectivity index (χ3n) is 1.95. The van der Waals surface area contributed by atoms with E-state index >= 15 is 0 Å². The van der Waals surface area contributed by atoms with E-state index in [9.17, 15) is 4.79 Å². The van der Waals surface area contributed by atoms with Gasteiger partial charge in [0, 0.05) is 25.6 Å². The minimum Gasteiger partial charge on any atom is -0.396 e. The number of rotatable bonds is 1. The van der Waals surface area contributed by atoms with Crippen LogP contribution in [0, 0.1) is 5.92 Å². The van der Waals surface area contributed by atoms with E-state index in [1.165, 1.54) is 0 Å². The molecule has 5 nitrogen and oxygen atoms in total. The molecule has 4 N–H and O–H groups in total. The van der Waals surface area contributed by atoms with Crippen LogP contribution >= 0.6 is 0 Å². The van der Waals surface area contributed by atoms with E-state index in [2.05, 4.69) is 5.43 Å². The summed E-state index contributed by atoms with van der Waals surface area (Å²) < 4.78 is 0. The number of hydrazine groups is 1. The summed E-state index contributed by atoms with van der Waals surface area (Å²) in [6.07, 6.45) is 0.865. The second-order valence-corrected chi connectivity index (χ2v) is 2.73. The zero-order valence-corrected chi connectivity index (χ0v) is 6.29. The number of aliphatic hydroxyl groups is 1. The fourth-order valence-corrected chi connectivity index (χ4v) is 1.26. The van der Waals surface area contributed by atoms with Crippen molar-refractivity contribution in [2.45, 2.75) is 6.42 Å². The molecule has 0 radical (unpaired) electrons. The first-order chi connectivity index (χ1) is 5.27. The van der Waals surface area contributed by atoms with Crippen LogP contribution in [0.3, 0.4) is 0 Å². The monoisotopic (exact) mass is 159 g/mol. The van der Waals surface area contributed by atoms with Crippen molar-refractivity contribution in [3.8, 4) is 0 Å². The van der Waals surface area contributed by atoms with Crippen molar-refractivity contribution < 1.29 is 9.90 Å². The molecule has 1 fully saturated rings. The Hall–Kier alpha value is -0.810. The van der Waals surface area contributed by atoms with Crippen LogP contribution in [-0.2, 0) is 0 Å². The highest BCUT2D eigenvalue weighted by Gasteiger charge is 2.24. The van der Waals surface area contributed by atoms with E-state index < -0.39 is 0 Å². The van der Waals surface area contributed by atoms with Crippen LogP contribution in [0.1, 0.15) is 6.42 Å². The van der Waals surface area contributed by atoms with Gasteiger partial charge in [0.15, 0.2) is 0 Å². The van der Waals surface area contributed by atoms with Crippen LogP contribution in [0.15, 0.2) is 0 Å². The number of urea groups is 1. The maximum absolute atomic E-state index is 10.9. The lowest BCUT2D eigenvalue weighted by Gasteiger charge is -2.14. The number of nitrogens with zero attached hydrogens (tertiary/aromatic N) is 1. The molecule has 0 aromatic heterocycles. The molecule has 1 unspecified atom stereocenters. The first kappa shape index (κ1) is 8.29. The summed E-state index contributed by atoms with van der Waals surface area (Å²) in [5.74, 6) is 5.16. The van der Waals surface area contributed by atoms with Gasteiger partial charge in [0.25, 0.3) is 0 Å². The normalized spacial score (nSPS) is 23.8. The Morgan fingerprint density at radius 2 is 2.55 bits per heavy atom. The Kier molecular flexibility index (Phi) is 2.67. The van der Waals surface area contributed by atoms with E-state index in [0.29, 0.717) is 13.1 Å². The summed E-state index contributed by atoms with van der Waals surface area (Å²) in [6.45, 7) is 1.45. The van der Waals surface area contributed by atoms with Crippen molar-refractivity contribution in [2.75, 3.05) is 19.7 Å². The second-order valence-electron chi connectivity index (χ2n) is 2.73. The molecule has 0 aromatic rings. The van der Waals surface area contributed by atoms with Gasteiger partial charge in [-0.1, -0.05) is 0 Å². The molecule has 0 aliphatic carbocycles. The molecule has 1 aliphatic rings. The molecule has 11 heavy (non-hydrogen) atoms. The number of nitrogens with two attached hydrogens (primary N) is 1. The molecule has 0 saturated carbocycles. The molecule has 0 spiro atoms. The lowest BCUT2D eigenvalue weighted by molar-refractivity contribution is 0.198. The quantitative estimate of drug-likeness (QED) is 0.258. The molecule has 5 heteroatoms. The van der Waals surface area contributed by atoms with Crippen molar-refractivity contribution in [3.05, 3.63) is 0 Å². The minimum atomic E-state index is -0.263. The van der Waals surface area contributed by atoms with Crippen molar-refractivity contribution in [1.82, 2.24) is 10.3 Å². The lowest BCUT2D eigenvalue weighted by atomic mass is 10.1. The Morgan fingerprint density at radius 1 is 1.82 bits per heavy atom. The molecule has 1 aliphatic heterocycles. The molecule has 2 amide bonds. The van der Waals surface area contributed by atoms with Crippen molar-refractivity contribution >= 4 is 6.03 Å². The fraction of sp³-hybridized carbons (Fsp3) is 0.833. The summed E-state index contributed by atoms with van der Waals surface area (Å²) in [5, 5.41) is 8.75. The highest BCUT2D eigenvalue weighted by atomic mass is 16.3. The van der Waals surface area contributed by atoms with Crippen molar-refractivity contribution in [3.63, 3.8) is 0 Å². The van der Waals surface area contributed by atoms with Gasteiger partial charge < -0.3 is 10.0 Å². The largest absolute Gasteiger partial charge is 0.396 e. The summed E-state index contributed by atoms with van der Waals surface area (Å²) in [7, 11) is 0. The average Bonchev–Trinajstić information content (AvgIpc) is 2.50.